The number of hydrogen-bond donors (Lipinski definition) is 0. The van der Waals surface area contributed by atoms with Gasteiger partial charge in [-0.15, -0.1) is 12.4 Å². The second-order valence-electron chi connectivity index (χ2n) is 6.77. The van der Waals surface area contributed by atoms with Gasteiger partial charge in [0, 0.05) is 13.1 Å². The Morgan fingerprint density at radius 1 is 1.10 bits per heavy atom. The van der Waals surface area contributed by atoms with Crippen LogP contribution < -0.4 is 0 Å². The maximum Gasteiger partial charge on any atom is 0.103 e. The maximum absolute atomic E-state index is 6.07. The number of benzene rings is 1. The van der Waals surface area contributed by atoms with Crippen LogP contribution in [0.2, 0.25) is 0 Å². The van der Waals surface area contributed by atoms with Gasteiger partial charge in [-0.1, -0.05) is 43.5 Å². The zero-order valence-corrected chi connectivity index (χ0v) is 14.1. The largest absolute Gasteiger partial charge is 0.368 e. The summed E-state index contributed by atoms with van der Waals surface area (Å²) in [7, 11) is 2.18. The fourth-order valence-electron chi connectivity index (χ4n) is 3.78. The van der Waals surface area contributed by atoms with Crippen molar-refractivity contribution in [3.05, 3.63) is 35.4 Å². The van der Waals surface area contributed by atoms with Crippen molar-refractivity contribution in [3.63, 3.8) is 0 Å². The SMILES string of the molecule is CN1CCOC(C)(c2ccc(C3CCCCC3)cc2)C1.Cl. The van der Waals surface area contributed by atoms with Crippen LogP contribution in [0.5, 0.6) is 0 Å². The fourth-order valence-corrected chi connectivity index (χ4v) is 3.78. The highest BCUT2D eigenvalue weighted by Crippen LogP contribution is 2.34. The van der Waals surface area contributed by atoms with Crippen LogP contribution >= 0.6 is 12.4 Å². The average Bonchev–Trinajstić information content (AvgIpc) is 2.48. The second kappa shape index (κ2) is 7.13. The minimum atomic E-state index is -0.141. The van der Waals surface area contributed by atoms with Crippen LogP contribution in [0.15, 0.2) is 24.3 Å². The van der Waals surface area contributed by atoms with Crippen LogP contribution in [0.4, 0.5) is 0 Å². The first-order valence-electron chi connectivity index (χ1n) is 8.10. The topological polar surface area (TPSA) is 12.5 Å². The first kappa shape index (κ1) is 16.8. The zero-order chi connectivity index (χ0) is 14.0. The molecule has 0 radical (unpaired) electrons. The lowest BCUT2D eigenvalue weighted by molar-refractivity contribution is -0.0963. The van der Waals surface area contributed by atoms with Gasteiger partial charge in [0.2, 0.25) is 0 Å². The van der Waals surface area contributed by atoms with Gasteiger partial charge in [0.15, 0.2) is 0 Å². The van der Waals surface area contributed by atoms with Crippen LogP contribution in [0.3, 0.4) is 0 Å². The van der Waals surface area contributed by atoms with E-state index in [2.05, 4.69) is 43.1 Å². The number of hydrogen-bond acceptors (Lipinski definition) is 2. The van der Waals surface area contributed by atoms with Crippen molar-refractivity contribution in [3.8, 4) is 0 Å². The molecular formula is C18H28ClNO. The van der Waals surface area contributed by atoms with Crippen molar-refractivity contribution in [1.82, 2.24) is 4.90 Å². The summed E-state index contributed by atoms with van der Waals surface area (Å²) in [6.07, 6.45) is 6.97. The van der Waals surface area contributed by atoms with Gasteiger partial charge in [0.25, 0.3) is 0 Å². The van der Waals surface area contributed by atoms with Crippen molar-refractivity contribution in [2.75, 3.05) is 26.7 Å². The molecule has 2 fully saturated rings. The Bertz CT molecular complexity index is 441. The third-order valence-electron chi connectivity index (χ3n) is 5.06. The third-order valence-corrected chi connectivity index (χ3v) is 5.06. The smallest absolute Gasteiger partial charge is 0.103 e. The molecule has 0 aromatic heterocycles. The number of morpholine rings is 1. The Balaban J connectivity index is 0.00000161. The Kier molecular flexibility index (Phi) is 5.70. The summed E-state index contributed by atoms with van der Waals surface area (Å²) in [6, 6.07) is 9.27. The number of halogens is 1. The molecule has 1 atom stereocenters. The fraction of sp³-hybridized carbons (Fsp3) is 0.667. The monoisotopic (exact) mass is 309 g/mol. The van der Waals surface area contributed by atoms with Crippen molar-refractivity contribution in [2.24, 2.45) is 0 Å². The second-order valence-corrected chi connectivity index (χ2v) is 6.77. The lowest BCUT2D eigenvalue weighted by Gasteiger charge is -2.39. The molecule has 1 unspecified atom stereocenters. The molecule has 118 valence electrons. The van der Waals surface area contributed by atoms with E-state index in [1.807, 2.05) is 0 Å². The predicted molar refractivity (Wildman–Crippen MR) is 90.3 cm³/mol. The van der Waals surface area contributed by atoms with Crippen molar-refractivity contribution >= 4 is 12.4 Å². The standard InChI is InChI=1S/C18H27NO.ClH/c1-18(14-19(2)12-13-20-18)17-10-8-16(9-11-17)15-6-4-3-5-7-15;/h8-11,15H,3-7,12-14H2,1-2H3;1H. The van der Waals surface area contributed by atoms with E-state index in [9.17, 15) is 0 Å². The van der Waals surface area contributed by atoms with E-state index in [1.54, 1.807) is 0 Å². The minimum absolute atomic E-state index is 0. The van der Waals surface area contributed by atoms with E-state index in [0.717, 1.165) is 25.6 Å². The number of nitrogens with zero attached hydrogens (tertiary/aromatic N) is 1. The van der Waals surface area contributed by atoms with E-state index in [0.29, 0.717) is 0 Å². The van der Waals surface area contributed by atoms with E-state index < -0.39 is 0 Å². The molecule has 21 heavy (non-hydrogen) atoms. The van der Waals surface area contributed by atoms with E-state index in [4.69, 9.17) is 4.74 Å². The highest BCUT2D eigenvalue weighted by Gasteiger charge is 2.32. The maximum atomic E-state index is 6.07. The molecule has 0 spiro atoms. The number of ether oxygens (including phenoxy) is 1. The first-order chi connectivity index (χ1) is 9.67. The third kappa shape index (κ3) is 3.80. The minimum Gasteiger partial charge on any atom is -0.368 e. The van der Waals surface area contributed by atoms with Gasteiger partial charge in [0.1, 0.15) is 5.60 Å². The molecule has 0 bridgehead atoms. The summed E-state index contributed by atoms with van der Waals surface area (Å²) in [5.74, 6) is 0.792. The van der Waals surface area contributed by atoms with Gasteiger partial charge < -0.3 is 9.64 Å². The average molecular weight is 310 g/mol. The Hall–Kier alpha value is -0.570. The van der Waals surface area contributed by atoms with Crippen molar-refractivity contribution < 1.29 is 4.74 Å². The molecule has 3 rings (SSSR count). The van der Waals surface area contributed by atoms with Gasteiger partial charge in [-0.2, -0.15) is 0 Å². The lowest BCUT2D eigenvalue weighted by atomic mass is 9.83. The quantitative estimate of drug-likeness (QED) is 0.806. The van der Waals surface area contributed by atoms with Gasteiger partial charge >= 0.3 is 0 Å². The molecule has 0 amide bonds. The van der Waals surface area contributed by atoms with Crippen LogP contribution in [0, 0.1) is 0 Å². The van der Waals surface area contributed by atoms with E-state index in [-0.39, 0.29) is 18.0 Å². The summed E-state index contributed by atoms with van der Waals surface area (Å²) in [5, 5.41) is 0. The number of rotatable bonds is 2. The Labute approximate surface area is 135 Å². The summed E-state index contributed by atoms with van der Waals surface area (Å²) in [6.45, 7) is 5.07. The molecule has 0 N–H and O–H groups in total. The van der Waals surface area contributed by atoms with Crippen molar-refractivity contribution in [2.45, 2.75) is 50.5 Å². The van der Waals surface area contributed by atoms with Crippen LogP contribution in [-0.4, -0.2) is 31.6 Å². The van der Waals surface area contributed by atoms with Crippen LogP contribution in [-0.2, 0) is 10.3 Å². The molecule has 1 aromatic rings. The molecule has 1 aliphatic carbocycles. The molecule has 3 heteroatoms. The molecule has 1 saturated heterocycles. The molecule has 1 aliphatic heterocycles. The predicted octanol–water partition coefficient (Wildman–Crippen LogP) is 4.33. The van der Waals surface area contributed by atoms with Crippen LogP contribution in [0.1, 0.15) is 56.1 Å². The van der Waals surface area contributed by atoms with Gasteiger partial charge in [-0.05, 0) is 43.9 Å². The highest BCUT2D eigenvalue weighted by molar-refractivity contribution is 5.85. The van der Waals surface area contributed by atoms with Gasteiger partial charge in [0.05, 0.1) is 6.61 Å². The van der Waals surface area contributed by atoms with E-state index in [1.165, 1.54) is 43.2 Å². The van der Waals surface area contributed by atoms with E-state index >= 15 is 0 Å². The lowest BCUT2D eigenvalue weighted by Crippen LogP contribution is -2.46. The van der Waals surface area contributed by atoms with Gasteiger partial charge in [-0.25, -0.2) is 0 Å². The Morgan fingerprint density at radius 3 is 2.38 bits per heavy atom. The highest BCUT2D eigenvalue weighted by atomic mass is 35.5. The summed E-state index contributed by atoms with van der Waals surface area (Å²) < 4.78 is 6.07. The van der Waals surface area contributed by atoms with Crippen LogP contribution in [0.25, 0.3) is 0 Å². The molecule has 2 nitrogen and oxygen atoms in total. The molecule has 2 aliphatic rings. The molecule has 1 heterocycles. The first-order valence-corrected chi connectivity index (χ1v) is 8.10. The normalized spacial score (nSPS) is 28.1. The summed E-state index contributed by atoms with van der Waals surface area (Å²) >= 11 is 0. The molecular weight excluding hydrogens is 282 g/mol. The summed E-state index contributed by atoms with van der Waals surface area (Å²) in [4.78, 5) is 2.36. The Morgan fingerprint density at radius 2 is 1.76 bits per heavy atom. The summed E-state index contributed by atoms with van der Waals surface area (Å²) in [5.41, 5.74) is 2.71. The van der Waals surface area contributed by atoms with Crippen molar-refractivity contribution in [1.29, 1.82) is 0 Å². The number of likely N-dealkylation sites (N-methyl/N-ethyl adjacent to an activating group) is 1. The molecule has 1 saturated carbocycles. The zero-order valence-electron chi connectivity index (χ0n) is 13.3. The molecule has 1 aromatic carbocycles. The van der Waals surface area contributed by atoms with Gasteiger partial charge in [-0.3, -0.25) is 0 Å².